The summed E-state index contributed by atoms with van der Waals surface area (Å²) in [5.41, 5.74) is 1.40. The molecule has 0 atom stereocenters. The first kappa shape index (κ1) is 15.0. The van der Waals surface area contributed by atoms with E-state index in [4.69, 9.17) is 4.74 Å². The smallest absolute Gasteiger partial charge is 0.119 e. The van der Waals surface area contributed by atoms with Gasteiger partial charge in [-0.05, 0) is 43.4 Å². The summed E-state index contributed by atoms with van der Waals surface area (Å²) in [5.74, 6) is 1.67. The lowest BCUT2D eigenvalue weighted by atomic mass is 9.94. The van der Waals surface area contributed by atoms with Gasteiger partial charge in [-0.2, -0.15) is 0 Å². The molecule has 1 rings (SSSR count). The predicted octanol–water partition coefficient (Wildman–Crippen LogP) is 5.02. The first-order valence-electron chi connectivity index (χ1n) is 6.54. The Hall–Kier alpha value is -0.980. The number of hydrogen-bond acceptors (Lipinski definition) is 1. The van der Waals surface area contributed by atoms with E-state index in [9.17, 15) is 0 Å². The van der Waals surface area contributed by atoms with E-state index >= 15 is 0 Å². The summed E-state index contributed by atoms with van der Waals surface area (Å²) in [4.78, 5) is 0. The molecule has 0 aliphatic carbocycles. The van der Waals surface area contributed by atoms with Gasteiger partial charge in [0.25, 0.3) is 0 Å². The van der Waals surface area contributed by atoms with Crippen molar-refractivity contribution in [3.8, 4) is 5.75 Å². The zero-order chi connectivity index (χ0) is 12.4. The third-order valence-corrected chi connectivity index (χ3v) is 2.63. The average Bonchev–Trinajstić information content (AvgIpc) is 2.34. The van der Waals surface area contributed by atoms with E-state index in [1.54, 1.807) is 0 Å². The highest BCUT2D eigenvalue weighted by Crippen LogP contribution is 2.25. The van der Waals surface area contributed by atoms with Crippen LogP contribution in [-0.2, 0) is 0 Å². The standard InChI is InChI=1S/C13H20O.C2H6/c1-4-11(5-2)12-8-7-9-13(10-12)14-6-3;1-2/h7-11H,4-6H2,1-3H3;1-2H3. The molecule has 0 aliphatic heterocycles. The molecule has 92 valence electrons. The number of hydrogen-bond donors (Lipinski definition) is 0. The number of ether oxygens (including phenoxy) is 1. The summed E-state index contributed by atoms with van der Waals surface area (Å²) in [7, 11) is 0. The van der Waals surface area contributed by atoms with Crippen molar-refractivity contribution in [1.82, 2.24) is 0 Å². The Morgan fingerprint density at radius 3 is 2.19 bits per heavy atom. The van der Waals surface area contributed by atoms with E-state index in [1.807, 2.05) is 26.8 Å². The molecule has 0 saturated heterocycles. The van der Waals surface area contributed by atoms with Gasteiger partial charge >= 0.3 is 0 Å². The molecule has 0 N–H and O–H groups in total. The predicted molar refractivity (Wildman–Crippen MR) is 72.3 cm³/mol. The van der Waals surface area contributed by atoms with Gasteiger partial charge in [0.05, 0.1) is 6.61 Å². The van der Waals surface area contributed by atoms with Crippen LogP contribution in [0.15, 0.2) is 24.3 Å². The molecule has 0 unspecified atom stereocenters. The van der Waals surface area contributed by atoms with Gasteiger partial charge in [-0.3, -0.25) is 0 Å². The van der Waals surface area contributed by atoms with Gasteiger partial charge in [0.15, 0.2) is 0 Å². The molecule has 0 saturated carbocycles. The fraction of sp³-hybridized carbons (Fsp3) is 0.600. The fourth-order valence-corrected chi connectivity index (χ4v) is 1.79. The highest BCUT2D eigenvalue weighted by Gasteiger charge is 2.06. The average molecular weight is 222 g/mol. The highest BCUT2D eigenvalue weighted by molar-refractivity contribution is 5.30. The van der Waals surface area contributed by atoms with Crippen molar-refractivity contribution in [1.29, 1.82) is 0 Å². The zero-order valence-electron chi connectivity index (χ0n) is 11.4. The van der Waals surface area contributed by atoms with Crippen molar-refractivity contribution in [3.63, 3.8) is 0 Å². The van der Waals surface area contributed by atoms with Crippen molar-refractivity contribution in [2.24, 2.45) is 0 Å². The van der Waals surface area contributed by atoms with Crippen LogP contribution in [0.25, 0.3) is 0 Å². The van der Waals surface area contributed by atoms with Crippen LogP contribution in [0.3, 0.4) is 0 Å². The van der Waals surface area contributed by atoms with Crippen LogP contribution in [0.1, 0.15) is 58.9 Å². The summed E-state index contributed by atoms with van der Waals surface area (Å²) in [6.07, 6.45) is 2.40. The van der Waals surface area contributed by atoms with Gasteiger partial charge in [-0.1, -0.05) is 39.8 Å². The van der Waals surface area contributed by atoms with Gasteiger partial charge in [0.2, 0.25) is 0 Å². The minimum atomic E-state index is 0.676. The largest absolute Gasteiger partial charge is 0.494 e. The van der Waals surface area contributed by atoms with E-state index in [0.717, 1.165) is 12.4 Å². The molecule has 16 heavy (non-hydrogen) atoms. The Labute approximate surface area is 101 Å². The Kier molecular flexibility index (Phi) is 8.69. The van der Waals surface area contributed by atoms with E-state index in [0.29, 0.717) is 5.92 Å². The molecule has 1 aromatic rings. The lowest BCUT2D eigenvalue weighted by Crippen LogP contribution is -1.97. The molecular weight excluding hydrogens is 196 g/mol. The van der Waals surface area contributed by atoms with Crippen LogP contribution in [0, 0.1) is 0 Å². The normalized spacial score (nSPS) is 9.62. The van der Waals surface area contributed by atoms with E-state index in [-0.39, 0.29) is 0 Å². The Balaban J connectivity index is 0.00000106. The molecule has 0 aliphatic rings. The second-order valence-electron chi connectivity index (χ2n) is 3.52. The summed E-state index contributed by atoms with van der Waals surface area (Å²) in [5, 5.41) is 0. The maximum atomic E-state index is 5.49. The molecule has 1 heteroatoms. The monoisotopic (exact) mass is 222 g/mol. The maximum Gasteiger partial charge on any atom is 0.119 e. The Bertz CT molecular complexity index is 264. The molecule has 1 aromatic carbocycles. The van der Waals surface area contributed by atoms with Crippen LogP contribution in [0.4, 0.5) is 0 Å². The molecule has 0 heterocycles. The first-order chi connectivity index (χ1) is 7.81. The van der Waals surface area contributed by atoms with Crippen LogP contribution >= 0.6 is 0 Å². The van der Waals surface area contributed by atoms with E-state index in [2.05, 4.69) is 32.0 Å². The van der Waals surface area contributed by atoms with Gasteiger partial charge in [0.1, 0.15) is 5.75 Å². The van der Waals surface area contributed by atoms with Crippen molar-refractivity contribution < 1.29 is 4.74 Å². The van der Waals surface area contributed by atoms with E-state index < -0.39 is 0 Å². The second kappa shape index (κ2) is 9.26. The van der Waals surface area contributed by atoms with Crippen molar-refractivity contribution >= 4 is 0 Å². The third-order valence-electron chi connectivity index (χ3n) is 2.63. The SMILES string of the molecule is CC.CCOc1cccc(C(CC)CC)c1. The van der Waals surface area contributed by atoms with Crippen LogP contribution < -0.4 is 4.74 Å². The van der Waals surface area contributed by atoms with Crippen molar-refractivity contribution in [2.45, 2.75) is 53.4 Å². The van der Waals surface area contributed by atoms with Gasteiger partial charge < -0.3 is 4.74 Å². The quantitative estimate of drug-likeness (QED) is 0.680. The molecule has 0 spiro atoms. The zero-order valence-corrected chi connectivity index (χ0v) is 11.4. The van der Waals surface area contributed by atoms with E-state index in [1.165, 1.54) is 18.4 Å². The third kappa shape index (κ3) is 4.69. The number of rotatable bonds is 5. The molecular formula is C15H26O. The van der Waals surface area contributed by atoms with Gasteiger partial charge in [-0.25, -0.2) is 0 Å². The Morgan fingerprint density at radius 2 is 1.69 bits per heavy atom. The molecule has 1 nitrogen and oxygen atoms in total. The summed E-state index contributed by atoms with van der Waals surface area (Å²) < 4.78 is 5.49. The fourth-order valence-electron chi connectivity index (χ4n) is 1.79. The van der Waals surface area contributed by atoms with Crippen LogP contribution in [0.5, 0.6) is 5.75 Å². The second-order valence-corrected chi connectivity index (χ2v) is 3.52. The summed E-state index contributed by atoms with van der Waals surface area (Å²) >= 11 is 0. The molecule has 0 fully saturated rings. The lowest BCUT2D eigenvalue weighted by Gasteiger charge is -2.13. The molecule has 0 amide bonds. The lowest BCUT2D eigenvalue weighted by molar-refractivity contribution is 0.339. The summed E-state index contributed by atoms with van der Waals surface area (Å²) in [6.45, 7) is 11.2. The highest BCUT2D eigenvalue weighted by atomic mass is 16.5. The topological polar surface area (TPSA) is 9.23 Å². The number of benzene rings is 1. The van der Waals surface area contributed by atoms with Crippen molar-refractivity contribution in [3.05, 3.63) is 29.8 Å². The first-order valence-corrected chi connectivity index (χ1v) is 6.54. The minimum Gasteiger partial charge on any atom is -0.494 e. The molecule has 0 bridgehead atoms. The maximum absolute atomic E-state index is 5.49. The summed E-state index contributed by atoms with van der Waals surface area (Å²) in [6, 6.07) is 8.47. The van der Waals surface area contributed by atoms with Gasteiger partial charge in [0, 0.05) is 0 Å². The molecule has 0 radical (unpaired) electrons. The van der Waals surface area contributed by atoms with Crippen LogP contribution in [-0.4, -0.2) is 6.61 Å². The van der Waals surface area contributed by atoms with Crippen LogP contribution in [0.2, 0.25) is 0 Å². The Morgan fingerprint density at radius 1 is 1.06 bits per heavy atom. The van der Waals surface area contributed by atoms with Crippen molar-refractivity contribution in [2.75, 3.05) is 6.61 Å². The molecule has 0 aromatic heterocycles. The minimum absolute atomic E-state index is 0.676. The van der Waals surface area contributed by atoms with Gasteiger partial charge in [-0.15, -0.1) is 0 Å².